The zero-order valence-electron chi connectivity index (χ0n) is 15.9. The van der Waals surface area contributed by atoms with E-state index in [1.807, 2.05) is 6.07 Å². The molecule has 0 bridgehead atoms. The molecule has 4 heterocycles. The van der Waals surface area contributed by atoms with Crippen LogP contribution in [0.4, 0.5) is 18.9 Å². The normalized spacial score (nSPS) is 18.1. The Morgan fingerprint density at radius 2 is 1.97 bits per heavy atom. The van der Waals surface area contributed by atoms with E-state index in [2.05, 4.69) is 9.97 Å². The average molecular weight is 417 g/mol. The number of amides is 1. The first-order valence-electron chi connectivity index (χ1n) is 9.45. The molecule has 2 aromatic rings. The number of alkyl halides is 1. The van der Waals surface area contributed by atoms with E-state index in [1.165, 1.54) is 23.5 Å². The molecule has 0 aliphatic carbocycles. The summed E-state index contributed by atoms with van der Waals surface area (Å²) in [7, 11) is 0. The van der Waals surface area contributed by atoms with Gasteiger partial charge in [-0.1, -0.05) is 0 Å². The van der Waals surface area contributed by atoms with Crippen LogP contribution in [0, 0.1) is 23.1 Å². The predicted molar refractivity (Wildman–Crippen MR) is 99.3 cm³/mol. The van der Waals surface area contributed by atoms with Crippen molar-refractivity contribution in [2.75, 3.05) is 31.1 Å². The van der Waals surface area contributed by atoms with Crippen molar-refractivity contribution in [2.45, 2.75) is 25.1 Å². The minimum absolute atomic E-state index is 0.0917. The number of carbonyl (C=O) groups excluding carboxylic acids is 1. The van der Waals surface area contributed by atoms with Crippen LogP contribution >= 0.6 is 0 Å². The van der Waals surface area contributed by atoms with Gasteiger partial charge in [0.2, 0.25) is 5.95 Å². The minimum atomic E-state index is -2.08. The van der Waals surface area contributed by atoms with E-state index in [9.17, 15) is 18.8 Å². The van der Waals surface area contributed by atoms with E-state index >= 15 is 4.39 Å². The first-order valence-corrected chi connectivity index (χ1v) is 9.45. The van der Waals surface area contributed by atoms with Crippen LogP contribution in [0.25, 0.3) is 0 Å². The first-order chi connectivity index (χ1) is 14.4. The van der Waals surface area contributed by atoms with Crippen molar-refractivity contribution in [3.05, 3.63) is 47.5 Å². The number of anilines is 1. The zero-order valence-corrected chi connectivity index (χ0v) is 15.9. The fourth-order valence-electron chi connectivity index (χ4n) is 3.77. The molecule has 10 heteroatoms. The Balaban J connectivity index is 1.47. The lowest BCUT2D eigenvalue weighted by atomic mass is 9.91. The van der Waals surface area contributed by atoms with Crippen molar-refractivity contribution in [2.24, 2.45) is 0 Å². The van der Waals surface area contributed by atoms with Gasteiger partial charge in [0.25, 0.3) is 5.91 Å². The quantitative estimate of drug-likeness (QED) is 0.698. The highest BCUT2D eigenvalue weighted by Gasteiger charge is 2.44. The van der Waals surface area contributed by atoms with E-state index in [1.54, 1.807) is 4.90 Å². The van der Waals surface area contributed by atoms with Gasteiger partial charge in [-0.05, 0) is 0 Å². The van der Waals surface area contributed by atoms with Crippen molar-refractivity contribution >= 4 is 11.6 Å². The van der Waals surface area contributed by atoms with E-state index in [0.717, 1.165) is 6.07 Å². The largest absolute Gasteiger partial charge is 0.490 e. The van der Waals surface area contributed by atoms with Gasteiger partial charge in [-0.25, -0.2) is 13.8 Å². The highest BCUT2D eigenvalue weighted by molar-refractivity contribution is 5.85. The minimum Gasteiger partial charge on any atom is -0.490 e. The Kier molecular flexibility index (Phi) is 5.20. The second-order valence-corrected chi connectivity index (χ2v) is 7.28. The number of pyridine rings is 2. The van der Waals surface area contributed by atoms with Gasteiger partial charge in [0, 0.05) is 50.0 Å². The fraction of sp³-hybridized carbons (Fsp3) is 0.400. The van der Waals surface area contributed by atoms with Crippen molar-refractivity contribution in [3.63, 3.8) is 0 Å². The van der Waals surface area contributed by atoms with E-state index < -0.39 is 23.3 Å². The molecule has 0 unspecified atom stereocenters. The standard InChI is InChI=1S/C20H18F3N5O2/c21-16-7-15(11-26-18(16)22)27-3-1-20(23,2-4-27)19(29)28-5-6-30-17-13(8-24)9-25-10-14(17)12-28/h7,9-11H,1-6,12H2. The third-order valence-electron chi connectivity index (χ3n) is 5.43. The molecule has 0 spiro atoms. The summed E-state index contributed by atoms with van der Waals surface area (Å²) in [5.41, 5.74) is -0.914. The van der Waals surface area contributed by atoms with Crippen LogP contribution in [0.2, 0.25) is 0 Å². The molecule has 0 atom stereocenters. The van der Waals surface area contributed by atoms with Crippen LogP contribution < -0.4 is 9.64 Å². The van der Waals surface area contributed by atoms with Gasteiger partial charge in [0.1, 0.15) is 24.0 Å². The SMILES string of the molecule is N#Cc1cncc2c1OCCN(C(=O)C1(F)CCN(c3cnc(F)c(F)c3)CC1)C2. The molecule has 2 aliphatic heterocycles. The number of carbonyl (C=O) groups is 1. The summed E-state index contributed by atoms with van der Waals surface area (Å²) in [6.45, 7) is 0.742. The summed E-state index contributed by atoms with van der Waals surface area (Å²) >= 11 is 0. The van der Waals surface area contributed by atoms with Crippen LogP contribution in [-0.4, -0.2) is 52.7 Å². The van der Waals surface area contributed by atoms with E-state index in [4.69, 9.17) is 4.74 Å². The van der Waals surface area contributed by atoms with Gasteiger partial charge < -0.3 is 14.5 Å². The molecule has 1 fully saturated rings. The predicted octanol–water partition coefficient (Wildman–Crippen LogP) is 2.36. The fourth-order valence-corrected chi connectivity index (χ4v) is 3.77. The topological polar surface area (TPSA) is 82.3 Å². The molecular formula is C20H18F3N5O2. The molecule has 156 valence electrons. The number of halogens is 3. The summed E-state index contributed by atoms with van der Waals surface area (Å²) in [4.78, 5) is 23.4. The summed E-state index contributed by atoms with van der Waals surface area (Å²) in [6.07, 6.45) is 3.90. The number of hydrogen-bond donors (Lipinski definition) is 0. The Bertz CT molecular complexity index is 1020. The number of ether oxygens (including phenoxy) is 1. The third kappa shape index (κ3) is 3.63. The van der Waals surface area contributed by atoms with E-state index in [-0.39, 0.29) is 51.2 Å². The van der Waals surface area contributed by atoms with Gasteiger partial charge in [-0.3, -0.25) is 9.78 Å². The number of hydrogen-bond acceptors (Lipinski definition) is 6. The summed E-state index contributed by atoms with van der Waals surface area (Å²) < 4.78 is 47.6. The number of aromatic nitrogens is 2. The summed E-state index contributed by atoms with van der Waals surface area (Å²) in [5, 5.41) is 9.19. The van der Waals surface area contributed by atoms with Crippen molar-refractivity contribution < 1.29 is 22.7 Å². The molecular weight excluding hydrogens is 399 g/mol. The monoisotopic (exact) mass is 417 g/mol. The molecule has 1 saturated heterocycles. The third-order valence-corrected chi connectivity index (χ3v) is 5.43. The van der Waals surface area contributed by atoms with Gasteiger partial charge in [0.05, 0.1) is 25.0 Å². The Morgan fingerprint density at radius 3 is 2.67 bits per heavy atom. The maximum absolute atomic E-state index is 15.6. The average Bonchev–Trinajstić information content (AvgIpc) is 2.98. The Hall–Kier alpha value is -3.35. The van der Waals surface area contributed by atoms with Gasteiger partial charge in [-0.15, -0.1) is 0 Å². The van der Waals surface area contributed by atoms with Gasteiger partial charge >= 0.3 is 0 Å². The Morgan fingerprint density at radius 1 is 1.20 bits per heavy atom. The molecule has 30 heavy (non-hydrogen) atoms. The summed E-state index contributed by atoms with van der Waals surface area (Å²) in [6, 6.07) is 3.01. The number of piperidine rings is 1. The summed E-state index contributed by atoms with van der Waals surface area (Å²) in [5.74, 6) is -2.54. The maximum Gasteiger partial charge on any atom is 0.260 e. The molecule has 2 aromatic heterocycles. The van der Waals surface area contributed by atoms with Crippen LogP contribution in [0.3, 0.4) is 0 Å². The molecule has 7 nitrogen and oxygen atoms in total. The van der Waals surface area contributed by atoms with Crippen molar-refractivity contribution in [1.29, 1.82) is 5.26 Å². The molecule has 0 saturated carbocycles. The van der Waals surface area contributed by atoms with Crippen LogP contribution in [-0.2, 0) is 11.3 Å². The first kappa shape index (κ1) is 19.9. The second kappa shape index (κ2) is 7.82. The lowest BCUT2D eigenvalue weighted by Crippen LogP contribution is -2.52. The highest BCUT2D eigenvalue weighted by atomic mass is 19.2. The van der Waals surface area contributed by atoms with Crippen LogP contribution in [0.15, 0.2) is 24.7 Å². The number of nitriles is 1. The van der Waals surface area contributed by atoms with Gasteiger partial charge in [-0.2, -0.15) is 9.65 Å². The lowest BCUT2D eigenvalue weighted by molar-refractivity contribution is -0.146. The molecule has 2 aliphatic rings. The second-order valence-electron chi connectivity index (χ2n) is 7.28. The molecule has 0 N–H and O–H groups in total. The number of nitrogens with zero attached hydrogens (tertiary/aromatic N) is 5. The maximum atomic E-state index is 15.6. The number of rotatable bonds is 2. The molecule has 1 amide bonds. The Labute approximate surface area is 170 Å². The van der Waals surface area contributed by atoms with Crippen molar-refractivity contribution in [3.8, 4) is 11.8 Å². The molecule has 4 rings (SSSR count). The smallest absolute Gasteiger partial charge is 0.260 e. The number of fused-ring (bicyclic) bond motifs is 1. The van der Waals surface area contributed by atoms with Crippen LogP contribution in [0.5, 0.6) is 5.75 Å². The zero-order chi connectivity index (χ0) is 21.3. The molecule has 0 radical (unpaired) electrons. The van der Waals surface area contributed by atoms with Crippen molar-refractivity contribution in [1.82, 2.24) is 14.9 Å². The van der Waals surface area contributed by atoms with Crippen LogP contribution in [0.1, 0.15) is 24.0 Å². The lowest BCUT2D eigenvalue weighted by Gasteiger charge is -2.38. The van der Waals surface area contributed by atoms with E-state index in [0.29, 0.717) is 17.0 Å². The highest BCUT2D eigenvalue weighted by Crippen LogP contribution is 2.33. The molecule has 0 aromatic carbocycles. The van der Waals surface area contributed by atoms with Gasteiger partial charge in [0.15, 0.2) is 11.5 Å².